The van der Waals surface area contributed by atoms with Crippen molar-refractivity contribution in [2.75, 3.05) is 17.6 Å². The number of methoxy groups -OCH3 is 1. The van der Waals surface area contributed by atoms with E-state index in [1.54, 1.807) is 0 Å². The molecule has 0 saturated carbocycles. The van der Waals surface area contributed by atoms with Gasteiger partial charge >= 0.3 is 15.5 Å². The highest BCUT2D eigenvalue weighted by Gasteiger charge is 2.46. The number of benzene rings is 1. The van der Waals surface area contributed by atoms with Crippen LogP contribution in [0.5, 0.6) is 5.75 Å². The Labute approximate surface area is 95.4 Å². The molecule has 0 unspecified atom stereocenters. The minimum absolute atomic E-state index is 0.0763. The number of hydrogen-bond donors (Lipinski definition) is 2. The topological polar surface area (TPSA) is 81.4 Å². The van der Waals surface area contributed by atoms with E-state index in [4.69, 9.17) is 10.5 Å². The first-order valence-electron chi connectivity index (χ1n) is 4.20. The monoisotopic (exact) mass is 270 g/mol. The summed E-state index contributed by atoms with van der Waals surface area (Å²) < 4.78 is 63.9. The van der Waals surface area contributed by atoms with Crippen LogP contribution < -0.4 is 15.2 Å². The highest BCUT2D eigenvalue weighted by atomic mass is 32.2. The van der Waals surface area contributed by atoms with E-state index in [0.29, 0.717) is 0 Å². The molecule has 17 heavy (non-hydrogen) atoms. The lowest BCUT2D eigenvalue weighted by Gasteiger charge is -2.12. The number of ether oxygens (including phenoxy) is 1. The number of hydrogen-bond acceptors (Lipinski definition) is 4. The minimum atomic E-state index is -5.43. The van der Waals surface area contributed by atoms with Gasteiger partial charge in [-0.25, -0.2) is 0 Å². The van der Waals surface area contributed by atoms with Crippen LogP contribution in [0.4, 0.5) is 24.5 Å². The van der Waals surface area contributed by atoms with Gasteiger partial charge in [-0.3, -0.25) is 4.72 Å². The quantitative estimate of drug-likeness (QED) is 0.816. The summed E-state index contributed by atoms with van der Waals surface area (Å²) in [4.78, 5) is 0. The number of sulfonamides is 1. The maximum Gasteiger partial charge on any atom is 0.516 e. The fourth-order valence-electron chi connectivity index (χ4n) is 0.988. The van der Waals surface area contributed by atoms with Crippen LogP contribution >= 0.6 is 0 Å². The van der Waals surface area contributed by atoms with Crippen molar-refractivity contribution < 1.29 is 26.3 Å². The number of alkyl halides is 3. The second kappa shape index (κ2) is 4.32. The van der Waals surface area contributed by atoms with Crippen LogP contribution in [0.3, 0.4) is 0 Å². The van der Waals surface area contributed by atoms with Crippen LogP contribution in [0.15, 0.2) is 18.2 Å². The summed E-state index contributed by atoms with van der Waals surface area (Å²) in [6.45, 7) is 0. The third kappa shape index (κ3) is 2.93. The third-order valence-corrected chi connectivity index (χ3v) is 2.90. The molecule has 0 spiro atoms. The average Bonchev–Trinajstić information content (AvgIpc) is 2.19. The van der Waals surface area contributed by atoms with Crippen molar-refractivity contribution in [1.82, 2.24) is 0 Å². The standard InChI is InChI=1S/C8H9F3N2O3S/c1-16-7-4-5(2-3-6(7)12)13-17(14,15)8(9,10)11/h2-4,13H,12H2,1H3. The summed E-state index contributed by atoms with van der Waals surface area (Å²) in [5.74, 6) is 0.0763. The van der Waals surface area contributed by atoms with Crippen molar-refractivity contribution in [1.29, 1.82) is 0 Å². The Morgan fingerprint density at radius 1 is 1.35 bits per heavy atom. The lowest BCUT2D eigenvalue weighted by molar-refractivity contribution is -0.0429. The van der Waals surface area contributed by atoms with Crippen LogP contribution in [0.1, 0.15) is 0 Å². The van der Waals surface area contributed by atoms with E-state index in [2.05, 4.69) is 0 Å². The van der Waals surface area contributed by atoms with E-state index in [9.17, 15) is 21.6 Å². The summed E-state index contributed by atoms with van der Waals surface area (Å²) in [6, 6.07) is 3.38. The zero-order chi connectivity index (χ0) is 13.3. The van der Waals surface area contributed by atoms with Gasteiger partial charge in [0, 0.05) is 6.07 Å². The van der Waals surface area contributed by atoms with Gasteiger partial charge < -0.3 is 10.5 Å². The highest BCUT2D eigenvalue weighted by Crippen LogP contribution is 2.29. The van der Waals surface area contributed by atoms with Gasteiger partial charge in [-0.15, -0.1) is 0 Å². The Balaban J connectivity index is 3.05. The Bertz CT molecular complexity index is 513. The van der Waals surface area contributed by atoms with Crippen LogP contribution in [0, 0.1) is 0 Å². The minimum Gasteiger partial charge on any atom is -0.495 e. The van der Waals surface area contributed by atoms with Crippen molar-refractivity contribution >= 4 is 21.4 Å². The predicted molar refractivity (Wildman–Crippen MR) is 56.0 cm³/mol. The van der Waals surface area contributed by atoms with E-state index in [0.717, 1.165) is 12.1 Å². The van der Waals surface area contributed by atoms with E-state index < -0.39 is 15.5 Å². The van der Waals surface area contributed by atoms with Gasteiger partial charge in [0.2, 0.25) is 0 Å². The van der Waals surface area contributed by atoms with Gasteiger partial charge in [0.05, 0.1) is 18.5 Å². The first-order valence-corrected chi connectivity index (χ1v) is 5.68. The number of anilines is 2. The van der Waals surface area contributed by atoms with E-state index in [-0.39, 0.29) is 17.1 Å². The molecule has 5 nitrogen and oxygen atoms in total. The summed E-state index contributed by atoms with van der Waals surface area (Å²) in [6.07, 6.45) is 0. The van der Waals surface area contributed by atoms with Gasteiger partial charge in [0.15, 0.2) is 0 Å². The first-order chi connectivity index (χ1) is 7.67. The van der Waals surface area contributed by atoms with Gasteiger partial charge in [0.1, 0.15) is 5.75 Å². The van der Waals surface area contributed by atoms with Crippen LogP contribution in [0.2, 0.25) is 0 Å². The molecule has 0 aliphatic heterocycles. The summed E-state index contributed by atoms with van der Waals surface area (Å²) >= 11 is 0. The highest BCUT2D eigenvalue weighted by molar-refractivity contribution is 7.93. The second-order valence-corrected chi connectivity index (χ2v) is 4.68. The zero-order valence-corrected chi connectivity index (χ0v) is 9.39. The second-order valence-electron chi connectivity index (χ2n) is 3.01. The largest absolute Gasteiger partial charge is 0.516 e. The number of halogens is 3. The molecule has 1 rings (SSSR count). The molecule has 0 aliphatic rings. The molecule has 0 amide bonds. The van der Waals surface area contributed by atoms with E-state index in [1.165, 1.54) is 17.9 Å². The van der Waals surface area contributed by atoms with E-state index in [1.807, 2.05) is 0 Å². The number of nitrogens with two attached hydrogens (primary N) is 1. The molecule has 0 heterocycles. The molecule has 0 aromatic heterocycles. The molecule has 0 saturated heterocycles. The Morgan fingerprint density at radius 3 is 2.41 bits per heavy atom. The summed E-state index contributed by atoms with van der Waals surface area (Å²) in [5.41, 5.74) is -0.0494. The fourth-order valence-corrected chi connectivity index (χ4v) is 1.54. The lowest BCUT2D eigenvalue weighted by atomic mass is 10.3. The van der Waals surface area contributed by atoms with Crippen molar-refractivity contribution in [3.05, 3.63) is 18.2 Å². The molecule has 0 radical (unpaired) electrons. The molecule has 0 bridgehead atoms. The third-order valence-electron chi connectivity index (χ3n) is 1.79. The molecular formula is C8H9F3N2O3S. The molecule has 1 aromatic carbocycles. The first kappa shape index (κ1) is 13.4. The smallest absolute Gasteiger partial charge is 0.495 e. The Hall–Kier alpha value is -1.64. The molecule has 0 aliphatic carbocycles. The molecule has 96 valence electrons. The molecular weight excluding hydrogens is 261 g/mol. The van der Waals surface area contributed by atoms with Gasteiger partial charge in [-0.05, 0) is 12.1 Å². The van der Waals surface area contributed by atoms with Gasteiger partial charge in [0.25, 0.3) is 0 Å². The van der Waals surface area contributed by atoms with Crippen LogP contribution in [-0.4, -0.2) is 21.0 Å². The summed E-state index contributed by atoms with van der Waals surface area (Å²) in [7, 11) is -4.18. The van der Waals surface area contributed by atoms with Crippen LogP contribution in [0.25, 0.3) is 0 Å². The number of rotatable bonds is 3. The molecule has 0 atom stereocenters. The SMILES string of the molecule is COc1cc(NS(=O)(=O)C(F)(F)F)ccc1N. The number of nitrogens with one attached hydrogen (secondary N) is 1. The molecule has 3 N–H and O–H groups in total. The maximum atomic E-state index is 12.1. The molecule has 1 aromatic rings. The summed E-state index contributed by atoms with van der Waals surface area (Å²) in [5, 5.41) is 0. The zero-order valence-electron chi connectivity index (χ0n) is 8.58. The average molecular weight is 270 g/mol. The maximum absolute atomic E-state index is 12.1. The van der Waals surface area contributed by atoms with Crippen molar-refractivity contribution in [2.24, 2.45) is 0 Å². The van der Waals surface area contributed by atoms with Gasteiger partial charge in [-0.1, -0.05) is 0 Å². The van der Waals surface area contributed by atoms with Gasteiger partial charge in [-0.2, -0.15) is 21.6 Å². The predicted octanol–water partition coefficient (Wildman–Crippen LogP) is 1.54. The normalized spacial score (nSPS) is 12.2. The molecule has 0 fully saturated rings. The lowest BCUT2D eigenvalue weighted by Crippen LogP contribution is -2.29. The molecule has 9 heteroatoms. The Kier molecular flexibility index (Phi) is 3.41. The van der Waals surface area contributed by atoms with Crippen molar-refractivity contribution in [3.8, 4) is 5.75 Å². The number of nitrogen functional groups attached to an aromatic ring is 1. The Morgan fingerprint density at radius 2 is 1.94 bits per heavy atom. The van der Waals surface area contributed by atoms with Crippen LogP contribution in [-0.2, 0) is 10.0 Å². The fraction of sp³-hybridized carbons (Fsp3) is 0.250. The van der Waals surface area contributed by atoms with Crippen molar-refractivity contribution in [2.45, 2.75) is 5.51 Å². The van der Waals surface area contributed by atoms with E-state index >= 15 is 0 Å². The van der Waals surface area contributed by atoms with Crippen molar-refractivity contribution in [3.63, 3.8) is 0 Å².